The summed E-state index contributed by atoms with van der Waals surface area (Å²) in [5.74, 6) is 0. The molecule has 14 heavy (non-hydrogen) atoms. The second-order valence-corrected chi connectivity index (χ2v) is 4.88. The maximum absolute atomic E-state index is 5.58. The van der Waals surface area contributed by atoms with Crippen LogP contribution in [0.5, 0.6) is 0 Å². The minimum Gasteiger partial charge on any atom is -0.375 e. The van der Waals surface area contributed by atoms with E-state index in [-0.39, 0.29) is 0 Å². The molecule has 0 atom stereocenters. The second kappa shape index (κ2) is 4.28. The molecule has 0 radical (unpaired) electrons. The largest absolute Gasteiger partial charge is 0.375 e. The molecule has 0 aliphatic heterocycles. The lowest BCUT2D eigenvalue weighted by Gasteiger charge is -2.34. The number of nitrogens with two attached hydrogens (primary N) is 1. The first-order valence-corrected chi connectivity index (χ1v) is 6.04. The maximum atomic E-state index is 5.58. The van der Waals surface area contributed by atoms with E-state index in [1.165, 1.54) is 30.6 Å². The predicted molar refractivity (Wildman–Crippen MR) is 60.5 cm³/mol. The molecule has 0 amide bonds. The van der Waals surface area contributed by atoms with Crippen LogP contribution in [0.15, 0.2) is 5.38 Å². The highest BCUT2D eigenvalue weighted by Gasteiger charge is 2.21. The summed E-state index contributed by atoms with van der Waals surface area (Å²) in [6, 6.07) is 0.825. The molecule has 0 bridgehead atoms. The Morgan fingerprint density at radius 1 is 1.64 bits per heavy atom. The Labute approximate surface area is 88.9 Å². The molecular weight excluding hydrogens is 194 g/mol. The molecule has 2 N–H and O–H groups in total. The summed E-state index contributed by atoms with van der Waals surface area (Å²) >= 11 is 1.53. The predicted octanol–water partition coefficient (Wildman–Crippen LogP) is 1.75. The van der Waals surface area contributed by atoms with Crippen molar-refractivity contribution in [1.82, 2.24) is 9.88 Å². The molecule has 1 fully saturated rings. The van der Waals surface area contributed by atoms with Gasteiger partial charge in [0.1, 0.15) is 0 Å². The molecule has 1 aliphatic carbocycles. The Kier molecular flexibility index (Phi) is 3.03. The standard InChI is InChI=1S/C10H17N3S/c1-13(9-3-2-4-9)6-5-8-7-14-10(11)12-8/h7,9H,2-6H2,1H3,(H2,11,12). The van der Waals surface area contributed by atoms with Crippen LogP contribution < -0.4 is 5.73 Å². The summed E-state index contributed by atoms with van der Waals surface area (Å²) in [6.45, 7) is 1.10. The average molecular weight is 211 g/mol. The van der Waals surface area contributed by atoms with E-state index in [4.69, 9.17) is 5.73 Å². The Morgan fingerprint density at radius 2 is 2.43 bits per heavy atom. The molecule has 78 valence electrons. The first-order chi connectivity index (χ1) is 6.75. The lowest BCUT2D eigenvalue weighted by molar-refractivity contribution is 0.161. The number of rotatable bonds is 4. The van der Waals surface area contributed by atoms with E-state index in [1.807, 2.05) is 0 Å². The minimum atomic E-state index is 0.686. The van der Waals surface area contributed by atoms with Gasteiger partial charge < -0.3 is 10.6 Å². The summed E-state index contributed by atoms with van der Waals surface area (Å²) in [5.41, 5.74) is 6.71. The van der Waals surface area contributed by atoms with Gasteiger partial charge in [0.15, 0.2) is 5.13 Å². The number of anilines is 1. The normalized spacial score (nSPS) is 17.3. The SMILES string of the molecule is CN(CCc1csc(N)n1)C1CCC1. The lowest BCUT2D eigenvalue weighted by atomic mass is 9.92. The van der Waals surface area contributed by atoms with Gasteiger partial charge in [0.2, 0.25) is 0 Å². The van der Waals surface area contributed by atoms with Crippen molar-refractivity contribution in [2.24, 2.45) is 0 Å². The first kappa shape index (κ1) is 9.93. The molecule has 0 aromatic carbocycles. The van der Waals surface area contributed by atoms with E-state index in [2.05, 4.69) is 22.3 Å². The van der Waals surface area contributed by atoms with Crippen molar-refractivity contribution < 1.29 is 0 Å². The summed E-state index contributed by atoms with van der Waals surface area (Å²) in [6.07, 6.45) is 5.17. The zero-order valence-corrected chi connectivity index (χ0v) is 9.39. The summed E-state index contributed by atoms with van der Waals surface area (Å²) in [5, 5.41) is 2.75. The van der Waals surface area contributed by atoms with E-state index in [0.717, 1.165) is 24.7 Å². The monoisotopic (exact) mass is 211 g/mol. The Bertz CT molecular complexity index is 293. The molecule has 1 aromatic heterocycles. The van der Waals surface area contributed by atoms with Gasteiger partial charge in [-0.15, -0.1) is 11.3 Å². The molecule has 1 heterocycles. The highest BCUT2D eigenvalue weighted by molar-refractivity contribution is 7.13. The first-order valence-electron chi connectivity index (χ1n) is 5.16. The highest BCUT2D eigenvalue weighted by Crippen LogP contribution is 2.23. The average Bonchev–Trinajstić information content (AvgIpc) is 2.45. The van der Waals surface area contributed by atoms with Crippen LogP contribution in [0.4, 0.5) is 5.13 Å². The Balaban J connectivity index is 1.76. The van der Waals surface area contributed by atoms with Gasteiger partial charge in [0.25, 0.3) is 0 Å². The van der Waals surface area contributed by atoms with Crippen LogP contribution in [0, 0.1) is 0 Å². The van der Waals surface area contributed by atoms with Gasteiger partial charge in [0.05, 0.1) is 5.69 Å². The van der Waals surface area contributed by atoms with Crippen LogP contribution in [-0.4, -0.2) is 29.5 Å². The minimum absolute atomic E-state index is 0.686. The maximum Gasteiger partial charge on any atom is 0.180 e. The smallest absolute Gasteiger partial charge is 0.180 e. The van der Waals surface area contributed by atoms with Gasteiger partial charge in [-0.1, -0.05) is 6.42 Å². The molecule has 1 saturated carbocycles. The lowest BCUT2D eigenvalue weighted by Crippen LogP contribution is -2.38. The molecule has 3 nitrogen and oxygen atoms in total. The second-order valence-electron chi connectivity index (χ2n) is 3.99. The van der Waals surface area contributed by atoms with Crippen molar-refractivity contribution in [3.05, 3.63) is 11.1 Å². The fourth-order valence-corrected chi connectivity index (χ4v) is 2.34. The third-order valence-corrected chi connectivity index (χ3v) is 3.71. The highest BCUT2D eigenvalue weighted by atomic mass is 32.1. The van der Waals surface area contributed by atoms with Crippen LogP contribution in [0.2, 0.25) is 0 Å². The molecule has 1 aromatic rings. The van der Waals surface area contributed by atoms with Gasteiger partial charge in [-0.05, 0) is 19.9 Å². The van der Waals surface area contributed by atoms with Gasteiger partial charge in [-0.2, -0.15) is 0 Å². The van der Waals surface area contributed by atoms with E-state index >= 15 is 0 Å². The number of nitrogens with zero attached hydrogens (tertiary/aromatic N) is 2. The van der Waals surface area contributed by atoms with E-state index < -0.39 is 0 Å². The van der Waals surface area contributed by atoms with Crippen molar-refractivity contribution in [2.75, 3.05) is 19.3 Å². The van der Waals surface area contributed by atoms with E-state index in [1.54, 1.807) is 0 Å². The quantitative estimate of drug-likeness (QED) is 0.825. The molecule has 4 heteroatoms. The summed E-state index contributed by atoms with van der Waals surface area (Å²) in [7, 11) is 2.21. The molecular formula is C10H17N3S. The fourth-order valence-electron chi connectivity index (χ4n) is 1.74. The molecule has 0 saturated heterocycles. The summed E-state index contributed by atoms with van der Waals surface area (Å²) in [4.78, 5) is 6.70. The molecule has 1 aliphatic rings. The van der Waals surface area contributed by atoms with Crippen molar-refractivity contribution in [2.45, 2.75) is 31.7 Å². The topological polar surface area (TPSA) is 42.1 Å². The molecule has 0 unspecified atom stereocenters. The number of hydrogen-bond acceptors (Lipinski definition) is 4. The zero-order valence-electron chi connectivity index (χ0n) is 8.57. The van der Waals surface area contributed by atoms with Crippen molar-refractivity contribution in [3.8, 4) is 0 Å². The zero-order chi connectivity index (χ0) is 9.97. The number of thiazole rings is 1. The summed E-state index contributed by atoms with van der Waals surface area (Å²) < 4.78 is 0. The van der Waals surface area contributed by atoms with Crippen molar-refractivity contribution in [3.63, 3.8) is 0 Å². The van der Waals surface area contributed by atoms with Crippen LogP contribution >= 0.6 is 11.3 Å². The third-order valence-electron chi connectivity index (χ3n) is 2.99. The van der Waals surface area contributed by atoms with Gasteiger partial charge in [0, 0.05) is 24.4 Å². The Hall–Kier alpha value is -0.610. The van der Waals surface area contributed by atoms with Crippen LogP contribution in [0.3, 0.4) is 0 Å². The number of likely N-dealkylation sites (N-methyl/N-ethyl adjacent to an activating group) is 1. The number of nitrogen functional groups attached to an aromatic ring is 1. The van der Waals surface area contributed by atoms with Crippen LogP contribution in [-0.2, 0) is 6.42 Å². The fraction of sp³-hybridized carbons (Fsp3) is 0.700. The van der Waals surface area contributed by atoms with Gasteiger partial charge >= 0.3 is 0 Å². The van der Waals surface area contributed by atoms with E-state index in [9.17, 15) is 0 Å². The van der Waals surface area contributed by atoms with Crippen molar-refractivity contribution in [1.29, 1.82) is 0 Å². The molecule has 2 rings (SSSR count). The van der Waals surface area contributed by atoms with Crippen LogP contribution in [0.1, 0.15) is 25.0 Å². The van der Waals surface area contributed by atoms with Gasteiger partial charge in [-0.25, -0.2) is 4.98 Å². The van der Waals surface area contributed by atoms with E-state index in [0.29, 0.717) is 5.13 Å². The molecule has 0 spiro atoms. The third kappa shape index (κ3) is 2.25. The van der Waals surface area contributed by atoms with Gasteiger partial charge in [-0.3, -0.25) is 0 Å². The van der Waals surface area contributed by atoms with Crippen molar-refractivity contribution >= 4 is 16.5 Å². The Morgan fingerprint density at radius 3 is 2.93 bits per heavy atom. The number of aromatic nitrogens is 1. The van der Waals surface area contributed by atoms with Crippen LogP contribution in [0.25, 0.3) is 0 Å². The number of hydrogen-bond donors (Lipinski definition) is 1.